The van der Waals surface area contributed by atoms with Crippen molar-refractivity contribution in [3.8, 4) is 0 Å². The van der Waals surface area contributed by atoms with Gasteiger partial charge in [0.2, 0.25) is 5.95 Å². The maximum absolute atomic E-state index is 12.3. The number of hydrogen-bond acceptors (Lipinski definition) is 6. The first-order valence-electron chi connectivity index (χ1n) is 8.26. The van der Waals surface area contributed by atoms with Crippen LogP contribution in [0.1, 0.15) is 18.9 Å². The fourth-order valence-corrected chi connectivity index (χ4v) is 3.73. The standard InChI is InChI=1S/C17H22N4O3S/c1-14-12-21(8-5-9-24-14)13-15-10-18-17(19-11-15)20-25(22,23)16-6-3-2-4-7-16/h2-4,6-7,10-11,14H,5,8-9,12-13H2,1H3,(H,18,19,20)/t14-/m1/s1. The second-order valence-corrected chi connectivity index (χ2v) is 7.79. The zero-order valence-corrected chi connectivity index (χ0v) is 14.9. The predicted molar refractivity (Wildman–Crippen MR) is 94.6 cm³/mol. The Bertz CT molecular complexity index is 781. The van der Waals surface area contributed by atoms with Gasteiger partial charge in [-0.2, -0.15) is 0 Å². The van der Waals surface area contributed by atoms with Gasteiger partial charge in [0.05, 0.1) is 11.0 Å². The van der Waals surface area contributed by atoms with Gasteiger partial charge in [-0.3, -0.25) is 4.90 Å². The van der Waals surface area contributed by atoms with Crippen molar-refractivity contribution in [1.29, 1.82) is 0 Å². The van der Waals surface area contributed by atoms with Crippen LogP contribution in [0.2, 0.25) is 0 Å². The molecule has 0 unspecified atom stereocenters. The summed E-state index contributed by atoms with van der Waals surface area (Å²) in [5.41, 5.74) is 0.941. The molecule has 1 aliphatic heterocycles. The van der Waals surface area contributed by atoms with Crippen LogP contribution in [-0.4, -0.2) is 49.1 Å². The van der Waals surface area contributed by atoms with Crippen LogP contribution >= 0.6 is 0 Å². The Labute approximate surface area is 148 Å². The number of anilines is 1. The Morgan fingerprint density at radius 3 is 2.68 bits per heavy atom. The Morgan fingerprint density at radius 2 is 1.96 bits per heavy atom. The molecular formula is C17H22N4O3S. The number of hydrogen-bond donors (Lipinski definition) is 1. The second kappa shape index (κ2) is 7.90. The first-order chi connectivity index (χ1) is 12.0. The lowest BCUT2D eigenvalue weighted by molar-refractivity contribution is 0.0668. The highest BCUT2D eigenvalue weighted by Crippen LogP contribution is 2.13. The highest BCUT2D eigenvalue weighted by Gasteiger charge is 2.17. The molecule has 7 nitrogen and oxygen atoms in total. The summed E-state index contributed by atoms with van der Waals surface area (Å²) in [5, 5.41) is 0. The van der Waals surface area contributed by atoms with E-state index >= 15 is 0 Å². The first kappa shape index (κ1) is 17.8. The molecule has 25 heavy (non-hydrogen) atoms. The van der Waals surface area contributed by atoms with Crippen molar-refractivity contribution in [3.05, 3.63) is 48.3 Å². The molecule has 1 atom stereocenters. The molecule has 8 heteroatoms. The zero-order valence-electron chi connectivity index (χ0n) is 14.1. The third-order valence-corrected chi connectivity index (χ3v) is 5.27. The van der Waals surface area contributed by atoms with Crippen molar-refractivity contribution in [2.24, 2.45) is 0 Å². The van der Waals surface area contributed by atoms with Crippen LogP contribution in [0.3, 0.4) is 0 Å². The van der Waals surface area contributed by atoms with E-state index in [2.05, 4.69) is 26.5 Å². The number of aromatic nitrogens is 2. The average Bonchev–Trinajstić information content (AvgIpc) is 2.81. The smallest absolute Gasteiger partial charge is 0.264 e. The number of nitrogens with zero attached hydrogens (tertiary/aromatic N) is 3. The lowest BCUT2D eigenvalue weighted by Crippen LogP contribution is -2.29. The minimum Gasteiger partial charge on any atom is -0.377 e. The number of sulfonamides is 1. The number of benzene rings is 1. The molecule has 0 radical (unpaired) electrons. The fraction of sp³-hybridized carbons (Fsp3) is 0.412. The van der Waals surface area contributed by atoms with Gasteiger partial charge in [-0.15, -0.1) is 0 Å². The minimum absolute atomic E-state index is 0.0696. The molecule has 0 aliphatic carbocycles. The largest absolute Gasteiger partial charge is 0.377 e. The molecule has 1 aromatic carbocycles. The van der Waals surface area contributed by atoms with Crippen LogP contribution in [0.4, 0.5) is 5.95 Å². The molecule has 1 saturated heterocycles. The van der Waals surface area contributed by atoms with Gasteiger partial charge in [0.25, 0.3) is 10.0 Å². The van der Waals surface area contributed by atoms with Gasteiger partial charge in [0.1, 0.15) is 0 Å². The minimum atomic E-state index is -3.67. The van der Waals surface area contributed by atoms with Gasteiger partial charge in [0, 0.05) is 44.2 Å². The van der Waals surface area contributed by atoms with E-state index in [1.165, 1.54) is 12.1 Å². The number of ether oxygens (including phenoxy) is 1. The second-order valence-electron chi connectivity index (χ2n) is 6.10. The van der Waals surface area contributed by atoms with Crippen LogP contribution in [0, 0.1) is 0 Å². The summed E-state index contributed by atoms with van der Waals surface area (Å²) in [6.07, 6.45) is 4.53. The van der Waals surface area contributed by atoms with E-state index in [0.29, 0.717) is 0 Å². The molecule has 0 amide bonds. The summed E-state index contributed by atoms with van der Waals surface area (Å²) in [6, 6.07) is 8.16. The van der Waals surface area contributed by atoms with Crippen molar-refractivity contribution in [2.75, 3.05) is 24.4 Å². The number of nitrogens with one attached hydrogen (secondary N) is 1. The lowest BCUT2D eigenvalue weighted by Gasteiger charge is -2.21. The molecule has 0 saturated carbocycles. The molecule has 2 heterocycles. The van der Waals surface area contributed by atoms with E-state index in [4.69, 9.17) is 4.74 Å². The monoisotopic (exact) mass is 362 g/mol. The summed E-state index contributed by atoms with van der Waals surface area (Å²) in [6.45, 7) is 5.40. The average molecular weight is 362 g/mol. The molecule has 134 valence electrons. The van der Waals surface area contributed by atoms with Crippen LogP contribution < -0.4 is 4.72 Å². The molecule has 0 bridgehead atoms. The molecular weight excluding hydrogens is 340 g/mol. The maximum Gasteiger partial charge on any atom is 0.264 e. The van der Waals surface area contributed by atoms with E-state index < -0.39 is 10.0 Å². The zero-order chi connectivity index (χ0) is 17.7. The van der Waals surface area contributed by atoms with Gasteiger partial charge >= 0.3 is 0 Å². The van der Waals surface area contributed by atoms with Gasteiger partial charge < -0.3 is 4.74 Å². The molecule has 1 aliphatic rings. The lowest BCUT2D eigenvalue weighted by atomic mass is 10.2. The first-order valence-corrected chi connectivity index (χ1v) is 9.74. The van der Waals surface area contributed by atoms with Crippen molar-refractivity contribution in [1.82, 2.24) is 14.9 Å². The Balaban J connectivity index is 1.64. The summed E-state index contributed by atoms with van der Waals surface area (Å²) >= 11 is 0. The van der Waals surface area contributed by atoms with E-state index in [-0.39, 0.29) is 16.9 Å². The van der Waals surface area contributed by atoms with Gasteiger partial charge in [0.15, 0.2) is 0 Å². The Morgan fingerprint density at radius 1 is 1.24 bits per heavy atom. The summed E-state index contributed by atoms with van der Waals surface area (Å²) in [4.78, 5) is 10.8. The van der Waals surface area contributed by atoms with E-state index in [1.54, 1.807) is 30.6 Å². The molecule has 3 rings (SSSR count). The van der Waals surface area contributed by atoms with Crippen molar-refractivity contribution >= 4 is 16.0 Å². The normalized spacial score (nSPS) is 19.3. The Kier molecular flexibility index (Phi) is 5.62. The van der Waals surface area contributed by atoms with E-state index in [0.717, 1.165) is 38.2 Å². The van der Waals surface area contributed by atoms with Crippen LogP contribution in [0.15, 0.2) is 47.6 Å². The van der Waals surface area contributed by atoms with Crippen LogP contribution in [0.5, 0.6) is 0 Å². The van der Waals surface area contributed by atoms with Crippen LogP contribution in [0.25, 0.3) is 0 Å². The van der Waals surface area contributed by atoms with Gasteiger partial charge in [-0.05, 0) is 25.5 Å². The molecule has 1 N–H and O–H groups in total. The van der Waals surface area contributed by atoms with Crippen molar-refractivity contribution < 1.29 is 13.2 Å². The summed E-state index contributed by atoms with van der Waals surface area (Å²) in [5.74, 6) is 0.0696. The third kappa shape index (κ3) is 4.97. The summed E-state index contributed by atoms with van der Waals surface area (Å²) in [7, 11) is -3.67. The van der Waals surface area contributed by atoms with Crippen LogP contribution in [-0.2, 0) is 21.3 Å². The summed E-state index contributed by atoms with van der Waals surface area (Å²) < 4.78 is 32.6. The number of rotatable bonds is 5. The van der Waals surface area contributed by atoms with Crippen molar-refractivity contribution in [2.45, 2.75) is 30.9 Å². The highest BCUT2D eigenvalue weighted by atomic mass is 32.2. The Hall–Kier alpha value is -2.03. The predicted octanol–water partition coefficient (Wildman–Crippen LogP) is 1.89. The fourth-order valence-electron chi connectivity index (χ4n) is 2.75. The van der Waals surface area contributed by atoms with E-state index in [9.17, 15) is 8.42 Å². The highest BCUT2D eigenvalue weighted by molar-refractivity contribution is 7.92. The quantitative estimate of drug-likeness (QED) is 0.874. The molecule has 0 spiro atoms. The van der Waals surface area contributed by atoms with Gasteiger partial charge in [-0.1, -0.05) is 18.2 Å². The van der Waals surface area contributed by atoms with Crippen molar-refractivity contribution in [3.63, 3.8) is 0 Å². The molecule has 1 aromatic heterocycles. The molecule has 1 fully saturated rings. The molecule has 2 aromatic rings. The third-order valence-electron chi connectivity index (χ3n) is 3.93. The topological polar surface area (TPSA) is 84.4 Å². The maximum atomic E-state index is 12.3. The SMILES string of the molecule is C[C@@H]1CN(Cc2cnc(NS(=O)(=O)c3ccccc3)nc2)CCCO1. The van der Waals surface area contributed by atoms with E-state index in [1.807, 2.05) is 0 Å². The van der Waals surface area contributed by atoms with Gasteiger partial charge in [-0.25, -0.2) is 23.1 Å².